The molecule has 0 fully saturated rings. The maximum atomic E-state index is 11.1. The van der Waals surface area contributed by atoms with Gasteiger partial charge in [-0.2, -0.15) is 0 Å². The summed E-state index contributed by atoms with van der Waals surface area (Å²) in [6.07, 6.45) is 22.9. The van der Waals surface area contributed by atoms with E-state index in [0.717, 1.165) is 51.4 Å². The molecule has 3 heteroatoms. The first-order chi connectivity index (χ1) is 15.2. The number of ether oxygens (including phenoxy) is 1. The van der Waals surface area contributed by atoms with E-state index in [9.17, 15) is 4.79 Å². The third-order valence-electron chi connectivity index (χ3n) is 5.39. The van der Waals surface area contributed by atoms with E-state index in [0.29, 0.717) is 6.61 Å². The van der Waals surface area contributed by atoms with Gasteiger partial charge in [0.25, 0.3) is 0 Å². The summed E-state index contributed by atoms with van der Waals surface area (Å²) < 4.78 is 5.08. The van der Waals surface area contributed by atoms with E-state index < -0.39 is 0 Å². The molecule has 0 rings (SSSR count). The minimum Gasteiger partial charge on any atom is -0.465 e. The Kier molecular flexibility index (Phi) is 19.4. The molecule has 0 aliphatic carbocycles. The first kappa shape index (κ1) is 30.6. The lowest BCUT2D eigenvalue weighted by Crippen LogP contribution is -2.06. The monoisotopic (exact) mass is 506 g/mol. The van der Waals surface area contributed by atoms with Crippen LogP contribution in [0.15, 0.2) is 58.2 Å². The van der Waals surface area contributed by atoms with Crippen molar-refractivity contribution in [3.8, 4) is 0 Å². The third kappa shape index (κ3) is 20.5. The van der Waals surface area contributed by atoms with Crippen LogP contribution in [0.3, 0.4) is 0 Å². The summed E-state index contributed by atoms with van der Waals surface area (Å²) in [6.45, 7) is 13.8. The average Bonchev–Trinajstić information content (AvgIpc) is 2.73. The van der Waals surface area contributed by atoms with Gasteiger partial charge in [-0.1, -0.05) is 74.2 Å². The van der Waals surface area contributed by atoms with Crippen molar-refractivity contribution in [2.75, 3.05) is 11.9 Å². The molecule has 0 unspecified atom stereocenters. The van der Waals surface area contributed by atoms with Crippen molar-refractivity contribution in [3.63, 3.8) is 0 Å². The van der Waals surface area contributed by atoms with Crippen LogP contribution in [0.1, 0.15) is 106 Å². The normalized spacial score (nSPS) is 13.3. The molecule has 0 radical (unpaired) electrons. The average molecular weight is 508 g/mol. The lowest BCUT2D eigenvalue weighted by atomic mass is 10.0. The molecule has 0 aliphatic heterocycles. The number of hydrogen-bond donors (Lipinski definition) is 0. The summed E-state index contributed by atoms with van der Waals surface area (Å²) in [4.78, 5) is 11.1. The Hall–Kier alpha value is -1.35. The molecule has 0 aromatic rings. The van der Waals surface area contributed by atoms with Crippen LogP contribution >= 0.6 is 15.9 Å². The van der Waals surface area contributed by atoms with Crippen LogP contribution < -0.4 is 0 Å². The summed E-state index contributed by atoms with van der Waals surface area (Å²) in [6, 6.07) is 0. The fourth-order valence-corrected chi connectivity index (χ4v) is 3.49. The number of carbonyl (C=O) groups is 1. The second-order valence-corrected chi connectivity index (χ2v) is 9.70. The predicted molar refractivity (Wildman–Crippen MR) is 145 cm³/mol. The van der Waals surface area contributed by atoms with Gasteiger partial charge < -0.3 is 4.74 Å². The van der Waals surface area contributed by atoms with Crippen molar-refractivity contribution in [3.05, 3.63) is 58.2 Å². The highest BCUT2D eigenvalue weighted by atomic mass is 79.9. The second kappa shape index (κ2) is 20.3. The molecule has 32 heavy (non-hydrogen) atoms. The number of unbranched alkanes of at least 4 members (excludes halogenated alkanes) is 1. The molecule has 0 bridgehead atoms. The fourth-order valence-electron chi connectivity index (χ4n) is 3.32. The van der Waals surface area contributed by atoms with Crippen LogP contribution in [0, 0.1) is 0 Å². The number of esters is 1. The lowest BCUT2D eigenvalue weighted by molar-refractivity contribution is -0.140. The number of alkyl halides is 1. The van der Waals surface area contributed by atoms with Gasteiger partial charge in [-0.3, -0.25) is 4.79 Å². The summed E-state index contributed by atoms with van der Waals surface area (Å²) in [5, 5.41) is 0.275. The SMILES string of the molecule is CC(C)=CCC/C(C)=C/CC/C(C)=C/CC/C=C(\C)CC/C=C(\C)CCCOC(=O)CBr. The van der Waals surface area contributed by atoms with E-state index in [4.69, 9.17) is 4.74 Å². The number of halogens is 1. The summed E-state index contributed by atoms with van der Waals surface area (Å²) in [5.74, 6) is -0.185. The van der Waals surface area contributed by atoms with Crippen LogP contribution in [0.2, 0.25) is 0 Å². The highest BCUT2D eigenvalue weighted by Crippen LogP contribution is 2.14. The number of allylic oxidation sites excluding steroid dienone is 10. The Labute approximate surface area is 207 Å². The van der Waals surface area contributed by atoms with E-state index in [1.165, 1.54) is 40.7 Å². The van der Waals surface area contributed by atoms with Crippen molar-refractivity contribution in [2.24, 2.45) is 0 Å². The molecule has 0 aromatic heterocycles. The van der Waals surface area contributed by atoms with Gasteiger partial charge in [0.15, 0.2) is 0 Å². The zero-order chi connectivity index (χ0) is 24.2. The summed E-state index contributed by atoms with van der Waals surface area (Å²) >= 11 is 3.10. The Morgan fingerprint density at radius 2 is 1.03 bits per heavy atom. The third-order valence-corrected chi connectivity index (χ3v) is 5.85. The van der Waals surface area contributed by atoms with Gasteiger partial charge in [-0.15, -0.1) is 0 Å². The molecular formula is C29H47BrO2. The molecule has 0 saturated heterocycles. The molecular weight excluding hydrogens is 460 g/mol. The van der Waals surface area contributed by atoms with Gasteiger partial charge in [0.2, 0.25) is 0 Å². The molecule has 0 spiro atoms. The number of hydrogen-bond acceptors (Lipinski definition) is 2. The van der Waals surface area contributed by atoms with E-state index in [-0.39, 0.29) is 11.3 Å². The minimum absolute atomic E-state index is 0.185. The molecule has 0 heterocycles. The van der Waals surface area contributed by atoms with Crippen LogP contribution in [0.25, 0.3) is 0 Å². The minimum atomic E-state index is -0.185. The molecule has 0 atom stereocenters. The maximum absolute atomic E-state index is 11.1. The van der Waals surface area contributed by atoms with Crippen molar-refractivity contribution in [2.45, 2.75) is 106 Å². The zero-order valence-electron chi connectivity index (χ0n) is 21.6. The fraction of sp³-hybridized carbons (Fsp3) is 0.621. The highest BCUT2D eigenvalue weighted by Gasteiger charge is 1.99. The van der Waals surface area contributed by atoms with E-state index in [1.54, 1.807) is 0 Å². The first-order valence-electron chi connectivity index (χ1n) is 12.2. The van der Waals surface area contributed by atoms with Gasteiger partial charge in [-0.05, 0) is 106 Å². The summed E-state index contributed by atoms with van der Waals surface area (Å²) in [5.41, 5.74) is 7.28. The topological polar surface area (TPSA) is 26.3 Å². The van der Waals surface area contributed by atoms with Gasteiger partial charge >= 0.3 is 5.97 Å². The summed E-state index contributed by atoms with van der Waals surface area (Å²) in [7, 11) is 0. The number of carbonyl (C=O) groups excluding carboxylic acids is 1. The maximum Gasteiger partial charge on any atom is 0.316 e. The molecule has 0 amide bonds. The van der Waals surface area contributed by atoms with E-state index >= 15 is 0 Å². The molecule has 0 N–H and O–H groups in total. The van der Waals surface area contributed by atoms with Crippen LogP contribution in [-0.4, -0.2) is 17.9 Å². The molecule has 182 valence electrons. The van der Waals surface area contributed by atoms with Crippen LogP contribution in [0.5, 0.6) is 0 Å². The van der Waals surface area contributed by atoms with Gasteiger partial charge in [0.1, 0.15) is 5.33 Å². The number of rotatable bonds is 17. The molecule has 0 aliphatic rings. The van der Waals surface area contributed by atoms with Gasteiger partial charge in [0, 0.05) is 0 Å². The molecule has 0 saturated carbocycles. The lowest BCUT2D eigenvalue weighted by Gasteiger charge is -2.04. The van der Waals surface area contributed by atoms with E-state index in [2.05, 4.69) is 87.9 Å². The largest absolute Gasteiger partial charge is 0.465 e. The first-order valence-corrected chi connectivity index (χ1v) is 13.3. The Balaban J connectivity index is 4.00. The Bertz CT molecular complexity index is 673. The standard InChI is InChI=1S/C29H47BrO2/c1-24(2)13-9-16-27(5)19-10-17-25(3)14-7-8-15-26(4)18-11-20-28(6)21-12-22-32-29(31)23-30/h13-15,19-20H,7-12,16-18,21-23H2,1-6H3/b25-14+,26-15+,27-19+,28-20+. The highest BCUT2D eigenvalue weighted by molar-refractivity contribution is 9.09. The second-order valence-electron chi connectivity index (χ2n) is 9.13. The zero-order valence-corrected chi connectivity index (χ0v) is 23.2. The van der Waals surface area contributed by atoms with Gasteiger partial charge in [-0.25, -0.2) is 0 Å². The van der Waals surface area contributed by atoms with Crippen molar-refractivity contribution >= 4 is 21.9 Å². The smallest absolute Gasteiger partial charge is 0.316 e. The molecule has 2 nitrogen and oxygen atoms in total. The Morgan fingerprint density at radius 1 is 0.625 bits per heavy atom. The van der Waals surface area contributed by atoms with E-state index in [1.807, 2.05) is 0 Å². The van der Waals surface area contributed by atoms with Gasteiger partial charge in [0.05, 0.1) is 6.61 Å². The van der Waals surface area contributed by atoms with Crippen LogP contribution in [0.4, 0.5) is 0 Å². The Morgan fingerprint density at radius 3 is 1.47 bits per heavy atom. The van der Waals surface area contributed by atoms with Crippen molar-refractivity contribution in [1.82, 2.24) is 0 Å². The van der Waals surface area contributed by atoms with Crippen LogP contribution in [-0.2, 0) is 9.53 Å². The predicted octanol–water partition coefficient (Wildman–Crippen LogP) is 9.58. The van der Waals surface area contributed by atoms with Crippen molar-refractivity contribution < 1.29 is 9.53 Å². The quantitative estimate of drug-likeness (QED) is 0.0848. The van der Waals surface area contributed by atoms with Crippen molar-refractivity contribution in [1.29, 1.82) is 0 Å². The molecule has 0 aromatic carbocycles.